The molecule has 2 aromatic rings. The quantitative estimate of drug-likeness (QED) is 0.641. The van der Waals surface area contributed by atoms with Crippen molar-refractivity contribution in [3.05, 3.63) is 28.9 Å². The lowest BCUT2D eigenvalue weighted by molar-refractivity contribution is 0.143. The van der Waals surface area contributed by atoms with E-state index in [0.717, 1.165) is 86.8 Å². The van der Waals surface area contributed by atoms with Crippen molar-refractivity contribution in [2.45, 2.75) is 67.7 Å². The fourth-order valence-electron chi connectivity index (χ4n) is 6.13. The minimum atomic E-state index is -1.11. The second kappa shape index (κ2) is 8.99. The number of rotatable bonds is 5. The lowest BCUT2D eigenvalue weighted by Gasteiger charge is -2.42. The van der Waals surface area contributed by atoms with Crippen LogP contribution in [0.4, 0.5) is 11.8 Å². The van der Waals surface area contributed by atoms with Gasteiger partial charge in [-0.3, -0.25) is 4.21 Å². The van der Waals surface area contributed by atoms with E-state index in [0.29, 0.717) is 34.3 Å². The highest BCUT2D eigenvalue weighted by Crippen LogP contribution is 2.46. The van der Waals surface area contributed by atoms with Crippen LogP contribution in [0.25, 0.3) is 0 Å². The number of aliphatic hydroxyl groups is 1. The third-order valence-corrected chi connectivity index (χ3v) is 9.92. The molecule has 3 atom stereocenters. The van der Waals surface area contributed by atoms with Gasteiger partial charge in [0.1, 0.15) is 16.5 Å². The largest absolute Gasteiger partial charge is 0.394 e. The summed E-state index contributed by atoms with van der Waals surface area (Å²) in [7, 11) is -1.11. The van der Waals surface area contributed by atoms with Crippen LogP contribution < -0.4 is 10.2 Å². The molecule has 1 saturated heterocycles. The summed E-state index contributed by atoms with van der Waals surface area (Å²) in [6.45, 7) is 1.90. The summed E-state index contributed by atoms with van der Waals surface area (Å²) in [6, 6.07) is 0. The molecule has 10 heteroatoms. The molecule has 0 radical (unpaired) electrons. The molecule has 0 spiro atoms. The number of aliphatic hydroxyl groups excluding tert-OH is 1. The molecule has 8 nitrogen and oxygen atoms in total. The SMILES string of the molecule is O=[S@]1CCCCc2nc(N3CC4CC(c5ncc(Cl)cn5)CC4C3)nc(NC3(CO)CCC3)c21. The Morgan fingerprint density at radius 3 is 2.50 bits per heavy atom. The fourth-order valence-corrected chi connectivity index (χ4v) is 7.62. The van der Waals surface area contributed by atoms with Crippen LogP contribution in [-0.2, 0) is 17.2 Å². The predicted octanol–water partition coefficient (Wildman–Crippen LogP) is 3.32. The van der Waals surface area contributed by atoms with Crippen LogP contribution in [-0.4, -0.2) is 60.2 Å². The molecule has 0 aromatic carbocycles. The van der Waals surface area contributed by atoms with Gasteiger partial charge in [-0.15, -0.1) is 0 Å². The van der Waals surface area contributed by atoms with Crippen LogP contribution >= 0.6 is 11.6 Å². The molecule has 34 heavy (non-hydrogen) atoms. The predicted molar refractivity (Wildman–Crippen MR) is 132 cm³/mol. The van der Waals surface area contributed by atoms with E-state index in [1.807, 2.05) is 0 Å². The monoisotopic (exact) mass is 502 g/mol. The standard InChI is InChI=1S/C24H31ClN6O2S/c25-18-10-26-21(27-11-18)15-8-16-12-31(13-17(16)9-15)23-28-19-4-1-2-7-34(33)20(19)22(29-23)30-24(14-32)5-3-6-24/h10-11,15-17,32H,1-9,12-14H2,(H,28,29,30)/t15?,16?,17?,34-/m0/s1. The number of nitrogens with zero attached hydrogens (tertiary/aromatic N) is 5. The molecule has 6 rings (SSSR count). The normalized spacial score (nSPS) is 29.8. The number of nitrogens with one attached hydrogen (secondary N) is 1. The Morgan fingerprint density at radius 2 is 1.85 bits per heavy atom. The highest BCUT2D eigenvalue weighted by molar-refractivity contribution is 7.85. The van der Waals surface area contributed by atoms with Gasteiger partial charge in [0.2, 0.25) is 5.95 Å². The van der Waals surface area contributed by atoms with E-state index in [9.17, 15) is 9.32 Å². The average molecular weight is 503 g/mol. The first-order valence-electron chi connectivity index (χ1n) is 12.4. The van der Waals surface area contributed by atoms with E-state index in [4.69, 9.17) is 21.6 Å². The van der Waals surface area contributed by atoms with E-state index in [-0.39, 0.29) is 12.1 Å². The second-order valence-corrected chi connectivity index (χ2v) is 12.4. The Morgan fingerprint density at radius 1 is 1.12 bits per heavy atom. The maximum Gasteiger partial charge on any atom is 0.227 e. The smallest absolute Gasteiger partial charge is 0.227 e. The van der Waals surface area contributed by atoms with Crippen LogP contribution in [0.15, 0.2) is 17.3 Å². The first kappa shape index (κ1) is 22.6. The number of hydrogen-bond acceptors (Lipinski definition) is 8. The zero-order chi connectivity index (χ0) is 23.3. The molecule has 2 unspecified atom stereocenters. The number of anilines is 2. The highest BCUT2D eigenvalue weighted by atomic mass is 35.5. The zero-order valence-electron chi connectivity index (χ0n) is 19.2. The Balaban J connectivity index is 1.25. The summed E-state index contributed by atoms with van der Waals surface area (Å²) >= 11 is 5.96. The summed E-state index contributed by atoms with van der Waals surface area (Å²) in [4.78, 5) is 21.9. The Kier molecular flexibility index (Phi) is 5.98. The number of aromatic nitrogens is 4. The average Bonchev–Trinajstić information content (AvgIpc) is 3.33. The van der Waals surface area contributed by atoms with Crippen LogP contribution in [0.1, 0.15) is 62.4 Å². The van der Waals surface area contributed by atoms with E-state index in [1.54, 1.807) is 12.4 Å². The van der Waals surface area contributed by atoms with Gasteiger partial charge in [0.15, 0.2) is 0 Å². The van der Waals surface area contributed by atoms with E-state index in [1.165, 1.54) is 0 Å². The van der Waals surface area contributed by atoms with Crippen LogP contribution in [0.5, 0.6) is 0 Å². The van der Waals surface area contributed by atoms with Gasteiger partial charge < -0.3 is 15.3 Å². The first-order valence-corrected chi connectivity index (χ1v) is 14.1. The summed E-state index contributed by atoms with van der Waals surface area (Å²) in [6.07, 6.45) is 11.2. The van der Waals surface area contributed by atoms with Crippen molar-refractivity contribution in [3.8, 4) is 0 Å². The van der Waals surface area contributed by atoms with E-state index in [2.05, 4.69) is 20.2 Å². The molecule has 4 heterocycles. The molecule has 0 bridgehead atoms. The Hall–Kier alpha value is -1.84. The molecule has 2 aliphatic carbocycles. The lowest BCUT2D eigenvalue weighted by atomic mass is 9.77. The van der Waals surface area contributed by atoms with Crippen LogP contribution in [0.2, 0.25) is 5.02 Å². The molecule has 2 aliphatic heterocycles. The molecule has 2 N–H and O–H groups in total. The molecular weight excluding hydrogens is 472 g/mol. The van der Waals surface area contributed by atoms with Gasteiger partial charge >= 0.3 is 0 Å². The molecular formula is C24H31ClN6O2S. The molecule has 4 aliphatic rings. The Bertz CT molecular complexity index is 1080. The molecule has 2 saturated carbocycles. The van der Waals surface area contributed by atoms with Crippen LogP contribution in [0, 0.1) is 11.8 Å². The molecule has 0 amide bonds. The van der Waals surface area contributed by atoms with E-state index < -0.39 is 10.8 Å². The van der Waals surface area contributed by atoms with Gasteiger partial charge in [-0.1, -0.05) is 11.6 Å². The summed E-state index contributed by atoms with van der Waals surface area (Å²) < 4.78 is 13.1. The molecule has 2 aromatic heterocycles. The van der Waals surface area contributed by atoms with Gasteiger partial charge in [-0.2, -0.15) is 4.98 Å². The van der Waals surface area contributed by atoms with Crippen molar-refractivity contribution in [1.29, 1.82) is 0 Å². The van der Waals surface area contributed by atoms with Crippen molar-refractivity contribution in [3.63, 3.8) is 0 Å². The summed E-state index contributed by atoms with van der Waals surface area (Å²) in [5.41, 5.74) is 0.573. The maximum absolute atomic E-state index is 13.1. The fraction of sp³-hybridized carbons (Fsp3) is 0.667. The highest BCUT2D eigenvalue weighted by Gasteiger charge is 2.44. The van der Waals surface area contributed by atoms with Gasteiger partial charge in [0.25, 0.3) is 0 Å². The van der Waals surface area contributed by atoms with Crippen molar-refractivity contribution in [2.24, 2.45) is 11.8 Å². The maximum atomic E-state index is 13.1. The van der Waals surface area contributed by atoms with E-state index >= 15 is 0 Å². The first-order chi connectivity index (χ1) is 16.5. The molecule has 182 valence electrons. The van der Waals surface area contributed by atoms with Crippen molar-refractivity contribution >= 4 is 34.2 Å². The summed E-state index contributed by atoms with van der Waals surface area (Å²) in [5.74, 6) is 4.47. The van der Waals surface area contributed by atoms with Crippen molar-refractivity contribution in [1.82, 2.24) is 19.9 Å². The van der Waals surface area contributed by atoms with Gasteiger partial charge in [0, 0.05) is 37.2 Å². The number of halogens is 1. The number of fused-ring (bicyclic) bond motifs is 2. The molecule has 3 fully saturated rings. The third kappa shape index (κ3) is 4.09. The minimum absolute atomic E-state index is 0.0652. The van der Waals surface area contributed by atoms with Crippen molar-refractivity contribution in [2.75, 3.05) is 35.7 Å². The zero-order valence-corrected chi connectivity index (χ0v) is 20.8. The topological polar surface area (TPSA) is 104 Å². The minimum Gasteiger partial charge on any atom is -0.394 e. The number of aryl methyl sites for hydroxylation is 1. The Labute approximate surface area is 207 Å². The summed E-state index contributed by atoms with van der Waals surface area (Å²) in [5, 5.41) is 14.1. The van der Waals surface area contributed by atoms with Crippen LogP contribution in [0.3, 0.4) is 0 Å². The van der Waals surface area contributed by atoms with Gasteiger partial charge in [-0.05, 0) is 63.2 Å². The number of hydrogen-bond donors (Lipinski definition) is 2. The van der Waals surface area contributed by atoms with Gasteiger partial charge in [0.05, 0.1) is 33.7 Å². The third-order valence-electron chi connectivity index (χ3n) is 8.18. The van der Waals surface area contributed by atoms with Crippen molar-refractivity contribution < 1.29 is 9.32 Å². The van der Waals surface area contributed by atoms with Gasteiger partial charge in [-0.25, -0.2) is 15.0 Å². The lowest BCUT2D eigenvalue weighted by Crippen LogP contribution is -2.49. The second-order valence-electron chi connectivity index (χ2n) is 10.4.